The average Bonchev–Trinajstić information content (AvgIpc) is 2.89. The monoisotopic (exact) mass is 392 g/mol. The van der Waals surface area contributed by atoms with Gasteiger partial charge in [-0.25, -0.2) is 17.4 Å². The zero-order valence-electron chi connectivity index (χ0n) is 13.8. The third-order valence-corrected chi connectivity index (χ3v) is 5.55. The van der Waals surface area contributed by atoms with Crippen molar-refractivity contribution in [1.29, 1.82) is 0 Å². The molecule has 0 spiro atoms. The van der Waals surface area contributed by atoms with Crippen LogP contribution in [0.1, 0.15) is 30.4 Å². The number of carbonyl (C=O) groups is 1. The van der Waals surface area contributed by atoms with Crippen molar-refractivity contribution in [1.82, 2.24) is 4.72 Å². The number of phenolic OH excluding ortho intramolecular Hbond substituents is 1. The van der Waals surface area contributed by atoms with Crippen LogP contribution in [0, 0.1) is 5.82 Å². The van der Waals surface area contributed by atoms with E-state index in [1.165, 1.54) is 6.07 Å². The predicted octanol–water partition coefficient (Wildman–Crippen LogP) is 1.97. The highest BCUT2D eigenvalue weighted by atomic mass is 32.2. The van der Waals surface area contributed by atoms with Crippen molar-refractivity contribution in [3.8, 4) is 5.75 Å². The Labute approximate surface area is 151 Å². The molecule has 0 aromatic heterocycles. The number of anilines is 1. The molecule has 0 bridgehead atoms. The summed E-state index contributed by atoms with van der Waals surface area (Å²) in [4.78, 5) is 11.3. The molecule has 10 heteroatoms. The van der Waals surface area contributed by atoms with E-state index in [0.29, 0.717) is 30.4 Å². The molecule has 0 saturated carbocycles. The van der Waals surface area contributed by atoms with Crippen molar-refractivity contribution < 1.29 is 32.0 Å². The molecule has 2 atom stereocenters. The van der Waals surface area contributed by atoms with Crippen molar-refractivity contribution in [3.63, 3.8) is 0 Å². The van der Waals surface area contributed by atoms with E-state index in [4.69, 9.17) is 4.74 Å². The van der Waals surface area contributed by atoms with Gasteiger partial charge in [0.2, 0.25) is 17.6 Å². The standard InChI is InChI=1S/C16H19F3N2O4S/c17-13(18)2-1-5-25-10-3-4-11-9(6-10)7-12(22)16(15(11)19)21-8-14(23)20-26(21)24/h7,10,13,22H,1-6,8H2,(H,20,23). The molecule has 6 nitrogen and oxygen atoms in total. The van der Waals surface area contributed by atoms with Gasteiger partial charge in [-0.05, 0) is 42.9 Å². The maximum Gasteiger partial charge on any atom is 0.253 e. The molecular weight excluding hydrogens is 373 g/mol. The Hall–Kier alpha value is -1.81. The highest BCUT2D eigenvalue weighted by Crippen LogP contribution is 2.39. The predicted molar refractivity (Wildman–Crippen MR) is 88.7 cm³/mol. The van der Waals surface area contributed by atoms with Gasteiger partial charge in [0.15, 0.2) is 5.82 Å². The molecule has 1 aromatic rings. The summed E-state index contributed by atoms with van der Waals surface area (Å²) in [7, 11) is 0. The average molecular weight is 392 g/mol. The summed E-state index contributed by atoms with van der Waals surface area (Å²) in [6.07, 6.45) is -1.33. The number of rotatable bonds is 6. The molecule has 1 heterocycles. The SMILES string of the molecule is O=C1CN(c2c(O)cc3c(c2F)CCC(OCCCC(F)F)C3)S(=O)N1. The quantitative estimate of drug-likeness (QED) is 0.726. The molecule has 144 valence electrons. The number of alkyl halides is 2. The van der Waals surface area contributed by atoms with Crippen molar-refractivity contribution in [3.05, 3.63) is 23.0 Å². The third kappa shape index (κ3) is 3.96. The molecule has 3 rings (SSSR count). The van der Waals surface area contributed by atoms with Crippen LogP contribution in [0.3, 0.4) is 0 Å². The number of nitrogens with one attached hydrogen (secondary N) is 1. The summed E-state index contributed by atoms with van der Waals surface area (Å²) in [6.45, 7) is -0.0941. The fourth-order valence-corrected chi connectivity index (χ4v) is 4.17. The van der Waals surface area contributed by atoms with E-state index in [1.807, 2.05) is 0 Å². The van der Waals surface area contributed by atoms with Crippen molar-refractivity contribution in [2.75, 3.05) is 17.5 Å². The van der Waals surface area contributed by atoms with E-state index in [2.05, 4.69) is 4.72 Å². The van der Waals surface area contributed by atoms with Gasteiger partial charge in [-0.1, -0.05) is 0 Å². The van der Waals surface area contributed by atoms with Crippen molar-refractivity contribution in [2.24, 2.45) is 0 Å². The molecule has 1 fully saturated rings. The number of fused-ring (bicyclic) bond motifs is 1. The van der Waals surface area contributed by atoms with E-state index in [0.717, 1.165) is 4.31 Å². The van der Waals surface area contributed by atoms with Crippen LogP contribution in [0.2, 0.25) is 0 Å². The topological polar surface area (TPSA) is 78.9 Å². The zero-order valence-corrected chi connectivity index (χ0v) is 14.7. The van der Waals surface area contributed by atoms with Gasteiger partial charge in [0, 0.05) is 13.0 Å². The van der Waals surface area contributed by atoms with E-state index in [-0.39, 0.29) is 37.8 Å². The normalized spacial score (nSPS) is 22.6. The summed E-state index contributed by atoms with van der Waals surface area (Å²) in [5, 5.41) is 10.2. The second-order valence-corrected chi connectivity index (χ2v) is 7.42. The molecule has 1 amide bonds. The first-order valence-corrected chi connectivity index (χ1v) is 9.39. The van der Waals surface area contributed by atoms with Crippen LogP contribution in [0.4, 0.5) is 18.9 Å². The van der Waals surface area contributed by atoms with Gasteiger partial charge in [0.25, 0.3) is 5.91 Å². The van der Waals surface area contributed by atoms with E-state index < -0.39 is 35.1 Å². The van der Waals surface area contributed by atoms with Gasteiger partial charge in [0.1, 0.15) is 18.0 Å². The Morgan fingerprint density at radius 1 is 1.46 bits per heavy atom. The largest absolute Gasteiger partial charge is 0.506 e. The summed E-state index contributed by atoms with van der Waals surface area (Å²) in [6, 6.07) is 1.39. The van der Waals surface area contributed by atoms with E-state index >= 15 is 0 Å². The molecule has 1 aliphatic heterocycles. The Kier molecular flexibility index (Phi) is 5.71. The fraction of sp³-hybridized carbons (Fsp3) is 0.562. The van der Waals surface area contributed by atoms with Crippen LogP contribution in [-0.4, -0.2) is 40.9 Å². The Morgan fingerprint density at radius 2 is 2.23 bits per heavy atom. The van der Waals surface area contributed by atoms with Crippen LogP contribution < -0.4 is 9.03 Å². The van der Waals surface area contributed by atoms with Crippen molar-refractivity contribution in [2.45, 2.75) is 44.6 Å². The Bertz CT molecular complexity index is 732. The lowest BCUT2D eigenvalue weighted by molar-refractivity contribution is -0.117. The number of hydrogen-bond acceptors (Lipinski definition) is 4. The lowest BCUT2D eigenvalue weighted by Gasteiger charge is -2.27. The highest BCUT2D eigenvalue weighted by molar-refractivity contribution is 7.85. The van der Waals surface area contributed by atoms with Crippen molar-refractivity contribution >= 4 is 22.8 Å². The minimum Gasteiger partial charge on any atom is -0.506 e. The van der Waals surface area contributed by atoms with E-state index in [1.54, 1.807) is 0 Å². The second-order valence-electron chi connectivity index (χ2n) is 6.28. The Morgan fingerprint density at radius 3 is 2.88 bits per heavy atom. The van der Waals surface area contributed by atoms with Crippen LogP contribution in [0.25, 0.3) is 0 Å². The van der Waals surface area contributed by atoms with Gasteiger partial charge in [0.05, 0.1) is 6.10 Å². The first kappa shape index (κ1) is 19.0. The van der Waals surface area contributed by atoms with Crippen LogP contribution in [0.5, 0.6) is 5.75 Å². The maximum absolute atomic E-state index is 14.9. The first-order chi connectivity index (χ1) is 12.4. The maximum atomic E-state index is 14.9. The minimum absolute atomic E-state index is 0.206. The lowest BCUT2D eigenvalue weighted by Crippen LogP contribution is -2.27. The number of amides is 1. The van der Waals surface area contributed by atoms with Crippen LogP contribution >= 0.6 is 0 Å². The molecule has 1 aliphatic carbocycles. The van der Waals surface area contributed by atoms with Gasteiger partial charge in [-0.15, -0.1) is 0 Å². The molecule has 2 N–H and O–H groups in total. The smallest absolute Gasteiger partial charge is 0.253 e. The highest BCUT2D eigenvalue weighted by Gasteiger charge is 2.34. The summed E-state index contributed by atoms with van der Waals surface area (Å²) < 4.78 is 59.7. The van der Waals surface area contributed by atoms with Gasteiger partial charge in [-0.3, -0.25) is 13.8 Å². The minimum atomic E-state index is -2.35. The molecule has 26 heavy (non-hydrogen) atoms. The third-order valence-electron chi connectivity index (χ3n) is 4.44. The number of halogens is 3. The van der Waals surface area contributed by atoms with Gasteiger partial charge >= 0.3 is 0 Å². The zero-order chi connectivity index (χ0) is 18.8. The van der Waals surface area contributed by atoms with Gasteiger partial charge in [-0.2, -0.15) is 0 Å². The molecule has 2 unspecified atom stereocenters. The number of phenols is 1. The molecule has 1 saturated heterocycles. The number of carbonyl (C=O) groups excluding carboxylic acids is 1. The fourth-order valence-electron chi connectivity index (χ4n) is 3.22. The van der Waals surface area contributed by atoms with Crippen LogP contribution in [0.15, 0.2) is 6.07 Å². The number of nitrogens with zero attached hydrogens (tertiary/aromatic N) is 1. The first-order valence-electron chi connectivity index (χ1n) is 8.28. The van der Waals surface area contributed by atoms with E-state index in [9.17, 15) is 27.3 Å². The summed E-state index contributed by atoms with van der Waals surface area (Å²) in [5.41, 5.74) is 0.705. The number of ether oxygens (including phenoxy) is 1. The number of hydrogen-bond donors (Lipinski definition) is 2. The summed E-state index contributed by atoms with van der Waals surface area (Å²) in [5.74, 6) is -1.61. The molecule has 0 radical (unpaired) electrons. The number of benzene rings is 1. The molecule has 1 aromatic carbocycles. The number of aromatic hydroxyl groups is 1. The summed E-state index contributed by atoms with van der Waals surface area (Å²) >= 11 is -1.93. The molecule has 2 aliphatic rings. The van der Waals surface area contributed by atoms with Gasteiger partial charge < -0.3 is 9.84 Å². The second kappa shape index (κ2) is 7.83. The van der Waals surface area contributed by atoms with Crippen LogP contribution in [-0.2, 0) is 33.5 Å². The lowest BCUT2D eigenvalue weighted by atomic mass is 9.88. The Balaban J connectivity index is 1.73. The molecular formula is C16H19F3N2O4S.